The van der Waals surface area contributed by atoms with E-state index in [4.69, 9.17) is 4.74 Å². The Hall–Kier alpha value is -1.62. The topological polar surface area (TPSA) is 54.5 Å². The van der Waals surface area contributed by atoms with Crippen molar-refractivity contribution >= 4 is 17.4 Å². The summed E-state index contributed by atoms with van der Waals surface area (Å²) in [6.07, 6.45) is 1.69. The number of hydrogen-bond donors (Lipinski definition) is 1. The van der Waals surface area contributed by atoms with Gasteiger partial charge in [0.2, 0.25) is 0 Å². The van der Waals surface area contributed by atoms with Crippen LogP contribution < -0.4 is 10.2 Å². The molecular formula is C10H13N3O2. The van der Waals surface area contributed by atoms with Gasteiger partial charge in [0, 0.05) is 13.6 Å². The van der Waals surface area contributed by atoms with E-state index in [1.165, 1.54) is 0 Å². The van der Waals surface area contributed by atoms with E-state index in [0.717, 1.165) is 11.5 Å². The molecule has 5 heteroatoms. The number of carbonyl (C=O) groups is 1. The smallest absolute Gasteiger partial charge is 0.253 e. The second kappa shape index (κ2) is 4.27. The number of rotatable bonds is 2. The van der Waals surface area contributed by atoms with Gasteiger partial charge in [-0.15, -0.1) is 0 Å². The lowest BCUT2D eigenvalue weighted by molar-refractivity contribution is -0.125. The molecule has 0 aromatic carbocycles. The van der Waals surface area contributed by atoms with E-state index >= 15 is 0 Å². The van der Waals surface area contributed by atoms with Crippen molar-refractivity contribution in [3.05, 3.63) is 18.3 Å². The molecule has 1 N–H and O–H groups in total. The SMILES string of the molecule is CNc1ccc(N2CCOCC2=O)cn1. The molecule has 1 fully saturated rings. The zero-order chi connectivity index (χ0) is 10.7. The highest BCUT2D eigenvalue weighted by atomic mass is 16.5. The third-order valence-corrected chi connectivity index (χ3v) is 2.30. The van der Waals surface area contributed by atoms with Crippen LogP contribution in [-0.4, -0.2) is 37.7 Å². The second-order valence-electron chi connectivity index (χ2n) is 3.25. The molecule has 1 aliphatic rings. The Kier molecular flexibility index (Phi) is 2.82. The van der Waals surface area contributed by atoms with E-state index in [2.05, 4.69) is 10.3 Å². The average molecular weight is 207 g/mol. The van der Waals surface area contributed by atoms with Gasteiger partial charge in [-0.05, 0) is 12.1 Å². The number of hydrogen-bond acceptors (Lipinski definition) is 4. The Morgan fingerprint density at radius 2 is 2.40 bits per heavy atom. The van der Waals surface area contributed by atoms with Gasteiger partial charge in [-0.2, -0.15) is 0 Å². The fourth-order valence-electron chi connectivity index (χ4n) is 1.48. The van der Waals surface area contributed by atoms with Gasteiger partial charge in [0.15, 0.2) is 0 Å². The van der Waals surface area contributed by atoms with Crippen LogP contribution in [0.2, 0.25) is 0 Å². The molecule has 2 rings (SSSR count). The molecule has 1 aliphatic heterocycles. The Bertz CT molecular complexity index is 350. The van der Waals surface area contributed by atoms with Gasteiger partial charge >= 0.3 is 0 Å². The van der Waals surface area contributed by atoms with Crippen LogP contribution in [0.15, 0.2) is 18.3 Å². The molecule has 0 bridgehead atoms. The van der Waals surface area contributed by atoms with Crippen LogP contribution in [0.3, 0.4) is 0 Å². The zero-order valence-electron chi connectivity index (χ0n) is 8.56. The minimum absolute atomic E-state index is 0.0137. The van der Waals surface area contributed by atoms with Crippen LogP contribution >= 0.6 is 0 Å². The van der Waals surface area contributed by atoms with Crippen LogP contribution in [0.25, 0.3) is 0 Å². The van der Waals surface area contributed by atoms with E-state index in [1.54, 1.807) is 11.1 Å². The Labute approximate surface area is 88.1 Å². The molecule has 5 nitrogen and oxygen atoms in total. The maximum absolute atomic E-state index is 11.5. The summed E-state index contributed by atoms with van der Waals surface area (Å²) in [4.78, 5) is 17.4. The largest absolute Gasteiger partial charge is 0.373 e. The average Bonchev–Trinajstić information content (AvgIpc) is 2.30. The number of amides is 1. The van der Waals surface area contributed by atoms with Gasteiger partial charge in [-0.1, -0.05) is 0 Å². The molecule has 2 heterocycles. The first-order valence-corrected chi connectivity index (χ1v) is 4.83. The van der Waals surface area contributed by atoms with Crippen LogP contribution in [0.5, 0.6) is 0 Å². The molecule has 0 unspecified atom stereocenters. The molecule has 0 spiro atoms. The van der Waals surface area contributed by atoms with Crippen LogP contribution in [0.1, 0.15) is 0 Å². The third-order valence-electron chi connectivity index (χ3n) is 2.30. The van der Waals surface area contributed by atoms with Gasteiger partial charge in [0.25, 0.3) is 5.91 Å². The van der Waals surface area contributed by atoms with Crippen molar-refractivity contribution in [1.29, 1.82) is 0 Å². The summed E-state index contributed by atoms with van der Waals surface area (Å²) in [5.41, 5.74) is 0.822. The molecule has 1 amide bonds. The lowest BCUT2D eigenvalue weighted by Gasteiger charge is -2.26. The number of aromatic nitrogens is 1. The van der Waals surface area contributed by atoms with Crippen molar-refractivity contribution in [3.63, 3.8) is 0 Å². The van der Waals surface area contributed by atoms with Gasteiger partial charge < -0.3 is 15.0 Å². The van der Waals surface area contributed by atoms with Crippen LogP contribution in [0, 0.1) is 0 Å². The number of morpholine rings is 1. The minimum atomic E-state index is -0.0137. The third kappa shape index (κ3) is 2.07. The fraction of sp³-hybridized carbons (Fsp3) is 0.400. The first-order valence-electron chi connectivity index (χ1n) is 4.83. The van der Waals surface area contributed by atoms with E-state index in [1.807, 2.05) is 19.2 Å². The van der Waals surface area contributed by atoms with E-state index in [0.29, 0.717) is 13.2 Å². The number of nitrogens with zero attached hydrogens (tertiary/aromatic N) is 2. The van der Waals surface area contributed by atoms with Gasteiger partial charge in [-0.25, -0.2) is 4.98 Å². The predicted octanol–water partition coefficient (Wildman–Crippen LogP) is 0.486. The minimum Gasteiger partial charge on any atom is -0.373 e. The molecular weight excluding hydrogens is 194 g/mol. The number of ether oxygens (including phenoxy) is 1. The summed E-state index contributed by atoms with van der Waals surface area (Å²) >= 11 is 0. The summed E-state index contributed by atoms with van der Waals surface area (Å²) in [5.74, 6) is 0.778. The quantitative estimate of drug-likeness (QED) is 0.766. The number of nitrogens with one attached hydrogen (secondary N) is 1. The summed E-state index contributed by atoms with van der Waals surface area (Å²) in [5, 5.41) is 2.93. The molecule has 80 valence electrons. The maximum Gasteiger partial charge on any atom is 0.253 e. The Balaban J connectivity index is 2.17. The van der Waals surface area contributed by atoms with E-state index < -0.39 is 0 Å². The van der Waals surface area contributed by atoms with Crippen molar-refractivity contribution < 1.29 is 9.53 Å². The molecule has 15 heavy (non-hydrogen) atoms. The van der Waals surface area contributed by atoms with Gasteiger partial charge in [0.05, 0.1) is 18.5 Å². The maximum atomic E-state index is 11.5. The highest BCUT2D eigenvalue weighted by Crippen LogP contribution is 2.16. The van der Waals surface area contributed by atoms with Crippen molar-refractivity contribution in [2.24, 2.45) is 0 Å². The summed E-state index contributed by atoms with van der Waals surface area (Å²) < 4.78 is 5.05. The second-order valence-corrected chi connectivity index (χ2v) is 3.25. The predicted molar refractivity (Wildman–Crippen MR) is 57.0 cm³/mol. The normalized spacial score (nSPS) is 16.6. The van der Waals surface area contributed by atoms with E-state index in [9.17, 15) is 4.79 Å². The molecule has 1 aromatic heterocycles. The molecule has 1 aromatic rings. The molecule has 0 radical (unpaired) electrons. The first kappa shape index (κ1) is 9.92. The van der Waals surface area contributed by atoms with Crippen molar-refractivity contribution in [3.8, 4) is 0 Å². The fourth-order valence-corrected chi connectivity index (χ4v) is 1.48. The highest BCUT2D eigenvalue weighted by molar-refractivity contribution is 5.94. The van der Waals surface area contributed by atoms with E-state index in [-0.39, 0.29) is 12.5 Å². The molecule has 0 atom stereocenters. The lowest BCUT2D eigenvalue weighted by Crippen LogP contribution is -2.41. The van der Waals surface area contributed by atoms with Crippen LogP contribution in [-0.2, 0) is 9.53 Å². The summed E-state index contributed by atoms with van der Waals surface area (Å²) in [7, 11) is 1.81. The Morgan fingerprint density at radius 1 is 1.53 bits per heavy atom. The van der Waals surface area contributed by atoms with Crippen molar-refractivity contribution in [2.45, 2.75) is 0 Å². The van der Waals surface area contributed by atoms with Gasteiger partial charge in [-0.3, -0.25) is 4.79 Å². The number of pyridine rings is 1. The number of anilines is 2. The zero-order valence-corrected chi connectivity index (χ0v) is 8.56. The van der Waals surface area contributed by atoms with Gasteiger partial charge in [0.1, 0.15) is 12.4 Å². The number of carbonyl (C=O) groups excluding carboxylic acids is 1. The standard InChI is InChI=1S/C10H13N3O2/c1-11-9-3-2-8(6-12-9)13-4-5-15-7-10(13)14/h2-3,6H,4-5,7H2,1H3,(H,11,12). The molecule has 0 saturated carbocycles. The summed E-state index contributed by atoms with van der Waals surface area (Å²) in [6.45, 7) is 1.34. The molecule has 1 saturated heterocycles. The molecule has 0 aliphatic carbocycles. The van der Waals surface area contributed by atoms with Crippen LogP contribution in [0.4, 0.5) is 11.5 Å². The monoisotopic (exact) mass is 207 g/mol. The summed E-state index contributed by atoms with van der Waals surface area (Å²) in [6, 6.07) is 3.72. The Morgan fingerprint density at radius 3 is 3.00 bits per heavy atom. The van der Waals surface area contributed by atoms with Crippen molar-refractivity contribution in [2.75, 3.05) is 37.0 Å². The van der Waals surface area contributed by atoms with Crippen molar-refractivity contribution in [1.82, 2.24) is 4.98 Å². The lowest BCUT2D eigenvalue weighted by atomic mass is 10.3. The first-order chi connectivity index (χ1) is 7.31. The highest BCUT2D eigenvalue weighted by Gasteiger charge is 2.20.